The highest BCUT2D eigenvalue weighted by atomic mass is 16.5. The molecule has 0 saturated carbocycles. The molecular formula is C14H16N6O. The fraction of sp³-hybridized carbons (Fsp3) is 0.214. The van der Waals surface area contributed by atoms with Gasteiger partial charge >= 0.3 is 0 Å². The Kier molecular flexibility index (Phi) is 3.31. The molecule has 0 aliphatic rings. The van der Waals surface area contributed by atoms with Crippen LogP contribution in [0.25, 0.3) is 5.65 Å². The molecule has 0 aliphatic carbocycles. The van der Waals surface area contributed by atoms with Crippen LogP contribution in [-0.2, 0) is 12.8 Å². The van der Waals surface area contributed by atoms with Crippen LogP contribution in [0.15, 0.2) is 30.5 Å². The van der Waals surface area contributed by atoms with Crippen LogP contribution in [0.1, 0.15) is 11.3 Å². The Labute approximate surface area is 121 Å². The Balaban J connectivity index is 1.79. The molecule has 2 heterocycles. The monoisotopic (exact) mass is 284 g/mol. The van der Waals surface area contributed by atoms with Gasteiger partial charge in [0, 0.05) is 6.20 Å². The normalized spacial score (nSPS) is 10.9. The first-order valence-electron chi connectivity index (χ1n) is 6.56. The summed E-state index contributed by atoms with van der Waals surface area (Å²) in [6, 6.07) is 7.96. The van der Waals surface area contributed by atoms with Crippen LogP contribution in [0, 0.1) is 0 Å². The number of ether oxygens (including phenoxy) is 1. The van der Waals surface area contributed by atoms with E-state index in [0.717, 1.165) is 24.3 Å². The second-order valence-corrected chi connectivity index (χ2v) is 4.72. The molecule has 0 fully saturated rings. The molecule has 0 amide bonds. The topological polar surface area (TPSA) is 104 Å². The summed E-state index contributed by atoms with van der Waals surface area (Å²) in [5.74, 6) is 1.50. The zero-order valence-electron chi connectivity index (χ0n) is 11.7. The highest BCUT2D eigenvalue weighted by molar-refractivity contribution is 5.61. The van der Waals surface area contributed by atoms with Crippen LogP contribution in [-0.4, -0.2) is 26.7 Å². The molecule has 0 bridgehead atoms. The molecule has 3 aromatic rings. The van der Waals surface area contributed by atoms with Gasteiger partial charge < -0.3 is 16.2 Å². The van der Waals surface area contributed by atoms with Gasteiger partial charge in [-0.25, -0.2) is 4.98 Å². The van der Waals surface area contributed by atoms with Crippen molar-refractivity contribution in [1.82, 2.24) is 19.6 Å². The van der Waals surface area contributed by atoms with Crippen molar-refractivity contribution in [2.75, 3.05) is 18.6 Å². The second kappa shape index (κ2) is 5.28. The number of aryl methyl sites for hydroxylation is 2. The maximum atomic E-state index is 5.87. The van der Waals surface area contributed by atoms with E-state index < -0.39 is 0 Å². The first kappa shape index (κ1) is 13.2. The largest absolute Gasteiger partial charge is 0.497 e. The van der Waals surface area contributed by atoms with E-state index in [4.69, 9.17) is 16.2 Å². The average molecular weight is 284 g/mol. The molecule has 4 N–H and O–H groups in total. The third kappa shape index (κ3) is 2.58. The van der Waals surface area contributed by atoms with Gasteiger partial charge in [0.15, 0.2) is 5.82 Å². The lowest BCUT2D eigenvalue weighted by Crippen LogP contribution is -2.04. The zero-order chi connectivity index (χ0) is 14.8. The summed E-state index contributed by atoms with van der Waals surface area (Å²) in [4.78, 5) is 4.34. The van der Waals surface area contributed by atoms with E-state index in [1.807, 2.05) is 30.5 Å². The molecule has 7 heteroatoms. The van der Waals surface area contributed by atoms with Crippen LogP contribution < -0.4 is 16.2 Å². The van der Waals surface area contributed by atoms with E-state index in [0.29, 0.717) is 17.4 Å². The molecule has 3 rings (SSSR count). The minimum Gasteiger partial charge on any atom is -0.497 e. The van der Waals surface area contributed by atoms with Crippen molar-refractivity contribution < 1.29 is 4.74 Å². The number of rotatable bonds is 4. The average Bonchev–Trinajstić information content (AvgIpc) is 2.88. The SMILES string of the molecule is COc1ccc(CCc2cn3c(N)nnc3c(N)n2)cc1. The molecule has 0 radical (unpaired) electrons. The lowest BCUT2D eigenvalue weighted by atomic mass is 10.1. The van der Waals surface area contributed by atoms with E-state index in [1.165, 1.54) is 5.56 Å². The summed E-state index contributed by atoms with van der Waals surface area (Å²) in [6.07, 6.45) is 3.43. The minimum atomic E-state index is 0.310. The molecule has 1 aromatic carbocycles. The number of fused-ring (bicyclic) bond motifs is 1. The van der Waals surface area contributed by atoms with Gasteiger partial charge in [0.2, 0.25) is 11.6 Å². The summed E-state index contributed by atoms with van der Waals surface area (Å²) in [7, 11) is 1.65. The second-order valence-electron chi connectivity index (χ2n) is 4.72. The molecule has 0 saturated heterocycles. The number of nitrogens with zero attached hydrogens (tertiary/aromatic N) is 4. The van der Waals surface area contributed by atoms with Gasteiger partial charge in [-0.3, -0.25) is 4.40 Å². The highest BCUT2D eigenvalue weighted by Crippen LogP contribution is 2.16. The summed E-state index contributed by atoms with van der Waals surface area (Å²) in [5, 5.41) is 7.67. The van der Waals surface area contributed by atoms with Gasteiger partial charge in [-0.05, 0) is 30.5 Å². The van der Waals surface area contributed by atoms with E-state index in [1.54, 1.807) is 11.5 Å². The third-order valence-corrected chi connectivity index (χ3v) is 3.32. The fourth-order valence-electron chi connectivity index (χ4n) is 2.17. The number of methoxy groups -OCH3 is 1. The van der Waals surface area contributed by atoms with Crippen molar-refractivity contribution in [3.63, 3.8) is 0 Å². The molecule has 21 heavy (non-hydrogen) atoms. The number of anilines is 2. The van der Waals surface area contributed by atoms with E-state index in [9.17, 15) is 0 Å². The summed E-state index contributed by atoms with van der Waals surface area (Å²) < 4.78 is 6.80. The Bertz CT molecular complexity index is 765. The number of hydrogen-bond acceptors (Lipinski definition) is 6. The van der Waals surface area contributed by atoms with E-state index in [2.05, 4.69) is 15.2 Å². The van der Waals surface area contributed by atoms with Crippen molar-refractivity contribution in [2.24, 2.45) is 0 Å². The molecule has 108 valence electrons. The van der Waals surface area contributed by atoms with Crippen molar-refractivity contribution in [3.8, 4) is 5.75 Å². The minimum absolute atomic E-state index is 0.310. The molecular weight excluding hydrogens is 268 g/mol. The van der Waals surface area contributed by atoms with Gasteiger partial charge in [0.25, 0.3) is 0 Å². The predicted molar refractivity (Wildman–Crippen MR) is 80.0 cm³/mol. The lowest BCUT2D eigenvalue weighted by molar-refractivity contribution is 0.414. The van der Waals surface area contributed by atoms with E-state index in [-0.39, 0.29) is 0 Å². The molecule has 0 unspecified atom stereocenters. The van der Waals surface area contributed by atoms with E-state index >= 15 is 0 Å². The van der Waals surface area contributed by atoms with Gasteiger partial charge in [-0.2, -0.15) is 0 Å². The van der Waals surface area contributed by atoms with Gasteiger partial charge in [0.05, 0.1) is 12.8 Å². The number of hydrogen-bond donors (Lipinski definition) is 2. The summed E-state index contributed by atoms with van der Waals surface area (Å²) >= 11 is 0. The van der Waals surface area contributed by atoms with Crippen LogP contribution in [0.5, 0.6) is 5.75 Å². The summed E-state index contributed by atoms with van der Waals surface area (Å²) in [6.45, 7) is 0. The molecule has 0 aliphatic heterocycles. The standard InChI is InChI=1S/C14H16N6O/c1-21-11-6-3-9(4-7-11)2-5-10-8-20-13(12(15)17-10)18-19-14(20)16/h3-4,6-8H,2,5H2,1H3,(H2,15,17)(H2,16,19). The quantitative estimate of drug-likeness (QED) is 0.743. The first-order valence-corrected chi connectivity index (χ1v) is 6.56. The van der Waals surface area contributed by atoms with Gasteiger partial charge in [-0.1, -0.05) is 12.1 Å². The fourth-order valence-corrected chi connectivity index (χ4v) is 2.17. The molecule has 0 spiro atoms. The van der Waals surface area contributed by atoms with Crippen molar-refractivity contribution in [1.29, 1.82) is 0 Å². The van der Waals surface area contributed by atoms with Gasteiger partial charge in [0.1, 0.15) is 5.75 Å². The maximum absolute atomic E-state index is 5.87. The number of nitrogens with two attached hydrogens (primary N) is 2. The van der Waals surface area contributed by atoms with Crippen molar-refractivity contribution in [2.45, 2.75) is 12.8 Å². The lowest BCUT2D eigenvalue weighted by Gasteiger charge is -2.05. The Hall–Kier alpha value is -2.83. The molecule has 7 nitrogen and oxygen atoms in total. The highest BCUT2D eigenvalue weighted by Gasteiger charge is 2.08. The van der Waals surface area contributed by atoms with Crippen LogP contribution in [0.3, 0.4) is 0 Å². The Morgan fingerprint density at radius 1 is 1.10 bits per heavy atom. The predicted octanol–water partition coefficient (Wildman–Crippen LogP) is 1.08. The summed E-state index contributed by atoms with van der Waals surface area (Å²) in [5.41, 5.74) is 14.2. The molecule has 0 atom stereocenters. The van der Waals surface area contributed by atoms with Crippen molar-refractivity contribution in [3.05, 3.63) is 41.7 Å². The van der Waals surface area contributed by atoms with Gasteiger partial charge in [-0.15, -0.1) is 10.2 Å². The van der Waals surface area contributed by atoms with Crippen LogP contribution >= 0.6 is 0 Å². The van der Waals surface area contributed by atoms with Crippen LogP contribution in [0.4, 0.5) is 11.8 Å². The maximum Gasteiger partial charge on any atom is 0.226 e. The number of aromatic nitrogens is 4. The zero-order valence-corrected chi connectivity index (χ0v) is 11.7. The van der Waals surface area contributed by atoms with Crippen molar-refractivity contribution >= 4 is 17.4 Å². The first-order chi connectivity index (χ1) is 10.2. The smallest absolute Gasteiger partial charge is 0.226 e. The third-order valence-electron chi connectivity index (χ3n) is 3.32. The number of nitrogen functional groups attached to an aromatic ring is 2. The Morgan fingerprint density at radius 3 is 2.57 bits per heavy atom. The Morgan fingerprint density at radius 2 is 1.86 bits per heavy atom. The van der Waals surface area contributed by atoms with Crippen LogP contribution in [0.2, 0.25) is 0 Å². The molecule has 2 aromatic heterocycles. The number of benzene rings is 1.